The molecule has 118 valence electrons. The van der Waals surface area contributed by atoms with Crippen molar-refractivity contribution in [1.29, 1.82) is 0 Å². The summed E-state index contributed by atoms with van der Waals surface area (Å²) in [7, 11) is 0. The van der Waals surface area contributed by atoms with Crippen LogP contribution in [-0.2, 0) is 6.61 Å². The summed E-state index contributed by atoms with van der Waals surface area (Å²) in [5, 5.41) is 7.86. The van der Waals surface area contributed by atoms with Gasteiger partial charge in [-0.1, -0.05) is 11.3 Å². The monoisotopic (exact) mass is 319 g/mol. The van der Waals surface area contributed by atoms with E-state index in [0.717, 1.165) is 0 Å². The van der Waals surface area contributed by atoms with E-state index in [4.69, 9.17) is 4.74 Å². The van der Waals surface area contributed by atoms with Gasteiger partial charge in [0.15, 0.2) is 0 Å². The third-order valence-corrected chi connectivity index (χ3v) is 2.74. The minimum atomic E-state index is -2.88. The highest BCUT2D eigenvalue weighted by molar-refractivity contribution is 5.38. The molecule has 0 unspecified atom stereocenters. The van der Waals surface area contributed by atoms with E-state index in [0.29, 0.717) is 11.4 Å². The molecule has 0 bridgehead atoms. The maximum atomic E-state index is 12.2. The number of halogens is 2. The molecule has 0 atom stereocenters. The lowest BCUT2D eigenvalue weighted by Gasteiger charge is -2.06. The third kappa shape index (κ3) is 3.96. The van der Waals surface area contributed by atoms with Crippen LogP contribution in [0.3, 0.4) is 0 Å². The molecule has 0 saturated heterocycles. The summed E-state index contributed by atoms with van der Waals surface area (Å²) >= 11 is 0. The van der Waals surface area contributed by atoms with Crippen LogP contribution < -0.4 is 9.47 Å². The van der Waals surface area contributed by atoms with E-state index in [1.807, 2.05) is 0 Å². The average Bonchev–Trinajstić information content (AvgIpc) is 3.03. The van der Waals surface area contributed by atoms with Gasteiger partial charge in [-0.05, 0) is 18.2 Å². The van der Waals surface area contributed by atoms with Gasteiger partial charge in [-0.15, -0.1) is 5.10 Å². The molecule has 23 heavy (non-hydrogen) atoms. The number of nitrogens with zero attached hydrogens (tertiary/aromatic N) is 5. The van der Waals surface area contributed by atoms with Gasteiger partial charge >= 0.3 is 12.6 Å². The predicted octanol–water partition coefficient (Wildman–Crippen LogP) is 2.24. The number of ether oxygens (including phenoxy) is 2. The summed E-state index contributed by atoms with van der Waals surface area (Å²) in [6.45, 7) is -2.74. The Morgan fingerprint density at radius 3 is 2.74 bits per heavy atom. The summed E-state index contributed by atoms with van der Waals surface area (Å²) in [6, 6.07) is 8.06. The first-order chi connectivity index (χ1) is 11.2. The molecule has 3 rings (SSSR count). The Bertz CT molecular complexity index is 767. The lowest BCUT2D eigenvalue weighted by atomic mass is 10.3. The van der Waals surface area contributed by atoms with Crippen molar-refractivity contribution in [3.63, 3.8) is 0 Å². The van der Waals surface area contributed by atoms with Crippen molar-refractivity contribution in [2.45, 2.75) is 13.2 Å². The minimum Gasteiger partial charge on any atom is -0.457 e. The van der Waals surface area contributed by atoms with Gasteiger partial charge in [0, 0.05) is 18.5 Å². The quantitative estimate of drug-likeness (QED) is 0.693. The molecule has 0 radical (unpaired) electrons. The molecule has 0 aliphatic heterocycles. The fourth-order valence-corrected chi connectivity index (χ4v) is 1.79. The predicted molar refractivity (Wildman–Crippen MR) is 74.4 cm³/mol. The first-order valence-corrected chi connectivity index (χ1v) is 6.57. The van der Waals surface area contributed by atoms with Crippen LogP contribution in [0.2, 0.25) is 0 Å². The molecular formula is C14H11F2N5O2. The lowest BCUT2D eigenvalue weighted by Crippen LogP contribution is -2.03. The van der Waals surface area contributed by atoms with Crippen LogP contribution in [0.5, 0.6) is 11.8 Å². The van der Waals surface area contributed by atoms with Crippen LogP contribution >= 0.6 is 0 Å². The Labute approximate surface area is 129 Å². The second-order valence-corrected chi connectivity index (χ2v) is 4.35. The molecule has 0 aliphatic rings. The van der Waals surface area contributed by atoms with Gasteiger partial charge < -0.3 is 9.47 Å². The van der Waals surface area contributed by atoms with Crippen molar-refractivity contribution in [2.24, 2.45) is 0 Å². The van der Waals surface area contributed by atoms with Crippen molar-refractivity contribution in [2.75, 3.05) is 0 Å². The second-order valence-electron chi connectivity index (χ2n) is 4.35. The third-order valence-electron chi connectivity index (χ3n) is 2.74. The molecule has 0 N–H and O–H groups in total. The van der Waals surface area contributed by atoms with Crippen LogP contribution in [-0.4, -0.2) is 31.6 Å². The molecule has 1 aromatic carbocycles. The van der Waals surface area contributed by atoms with Gasteiger partial charge in [-0.2, -0.15) is 8.78 Å². The van der Waals surface area contributed by atoms with Crippen LogP contribution in [0.15, 0.2) is 48.9 Å². The zero-order valence-electron chi connectivity index (χ0n) is 11.7. The molecule has 2 aromatic heterocycles. The summed E-state index contributed by atoms with van der Waals surface area (Å²) in [4.78, 5) is 7.84. The first-order valence-electron chi connectivity index (χ1n) is 6.57. The highest BCUT2D eigenvalue weighted by Crippen LogP contribution is 2.18. The van der Waals surface area contributed by atoms with Gasteiger partial charge in [-0.3, -0.25) is 0 Å². The first kappa shape index (κ1) is 14.8. The van der Waals surface area contributed by atoms with E-state index < -0.39 is 6.61 Å². The molecule has 9 heteroatoms. The fourth-order valence-electron chi connectivity index (χ4n) is 1.79. The number of rotatable bonds is 6. The molecule has 0 amide bonds. The SMILES string of the molecule is FC(F)Oc1cccc(-n2cc(COc3ncccn3)nn2)c1. The topological polar surface area (TPSA) is 75.0 Å². The highest BCUT2D eigenvalue weighted by Gasteiger charge is 2.08. The van der Waals surface area contributed by atoms with Crippen LogP contribution in [0.25, 0.3) is 5.69 Å². The smallest absolute Gasteiger partial charge is 0.387 e. The maximum absolute atomic E-state index is 12.2. The van der Waals surface area contributed by atoms with Crippen LogP contribution in [0, 0.1) is 0 Å². The zero-order chi connectivity index (χ0) is 16.1. The van der Waals surface area contributed by atoms with E-state index >= 15 is 0 Å². The molecule has 0 spiro atoms. The van der Waals surface area contributed by atoms with E-state index in [1.165, 1.54) is 16.8 Å². The number of hydrogen-bond acceptors (Lipinski definition) is 6. The molecule has 0 saturated carbocycles. The van der Waals surface area contributed by atoms with E-state index in [9.17, 15) is 8.78 Å². The van der Waals surface area contributed by atoms with Crippen LogP contribution in [0.4, 0.5) is 8.78 Å². The van der Waals surface area contributed by atoms with Crippen molar-refractivity contribution >= 4 is 0 Å². The lowest BCUT2D eigenvalue weighted by molar-refractivity contribution is -0.0498. The number of hydrogen-bond donors (Lipinski definition) is 0. The molecular weight excluding hydrogens is 308 g/mol. The summed E-state index contributed by atoms with van der Waals surface area (Å²) < 4.78 is 35.6. The Balaban J connectivity index is 1.69. The molecule has 3 aromatic rings. The average molecular weight is 319 g/mol. The number of aromatic nitrogens is 5. The van der Waals surface area contributed by atoms with Gasteiger partial charge in [-0.25, -0.2) is 14.6 Å². The van der Waals surface area contributed by atoms with E-state index in [1.54, 1.807) is 36.8 Å². The molecule has 2 heterocycles. The fraction of sp³-hybridized carbons (Fsp3) is 0.143. The highest BCUT2D eigenvalue weighted by atomic mass is 19.3. The molecule has 0 aliphatic carbocycles. The van der Waals surface area contributed by atoms with Gasteiger partial charge in [0.2, 0.25) is 0 Å². The number of benzene rings is 1. The summed E-state index contributed by atoms with van der Waals surface area (Å²) in [5.74, 6) is 0.0449. The van der Waals surface area contributed by atoms with E-state index in [2.05, 4.69) is 25.0 Å². The Hall–Kier alpha value is -3.10. The largest absolute Gasteiger partial charge is 0.457 e. The normalized spacial score (nSPS) is 10.7. The standard InChI is InChI=1S/C14H11F2N5O2/c15-13(16)23-12-4-1-3-11(7-12)21-8-10(19-20-21)9-22-14-17-5-2-6-18-14/h1-8,13H,9H2. The van der Waals surface area contributed by atoms with E-state index in [-0.39, 0.29) is 18.4 Å². The Kier molecular flexibility index (Phi) is 4.37. The van der Waals surface area contributed by atoms with Crippen LogP contribution in [0.1, 0.15) is 5.69 Å². The summed E-state index contributed by atoms with van der Waals surface area (Å²) in [5.41, 5.74) is 1.08. The Morgan fingerprint density at radius 1 is 1.13 bits per heavy atom. The van der Waals surface area contributed by atoms with Crippen molar-refractivity contribution in [3.8, 4) is 17.4 Å². The maximum Gasteiger partial charge on any atom is 0.387 e. The molecule has 0 fully saturated rings. The summed E-state index contributed by atoms with van der Waals surface area (Å²) in [6.07, 6.45) is 4.74. The molecule has 7 nitrogen and oxygen atoms in total. The van der Waals surface area contributed by atoms with Gasteiger partial charge in [0.25, 0.3) is 0 Å². The van der Waals surface area contributed by atoms with Gasteiger partial charge in [0.05, 0.1) is 11.9 Å². The zero-order valence-corrected chi connectivity index (χ0v) is 11.7. The second kappa shape index (κ2) is 6.77. The van der Waals surface area contributed by atoms with Crippen molar-refractivity contribution in [3.05, 3.63) is 54.6 Å². The Morgan fingerprint density at radius 2 is 1.96 bits per heavy atom. The van der Waals surface area contributed by atoms with Gasteiger partial charge in [0.1, 0.15) is 18.1 Å². The number of alkyl halides is 2. The van der Waals surface area contributed by atoms with Crippen molar-refractivity contribution < 1.29 is 18.3 Å². The van der Waals surface area contributed by atoms with Crippen molar-refractivity contribution in [1.82, 2.24) is 25.0 Å². The minimum absolute atomic E-state index is 0.0449.